The summed E-state index contributed by atoms with van der Waals surface area (Å²) in [6.45, 7) is 0.222. The zero-order valence-electron chi connectivity index (χ0n) is 11.8. The molecule has 22 heavy (non-hydrogen) atoms. The van der Waals surface area contributed by atoms with E-state index in [9.17, 15) is 26.7 Å². The second-order valence-corrected chi connectivity index (χ2v) is 7.25. The molecule has 9 heteroatoms. The number of hydrogen-bond donors (Lipinski definition) is 1. The standard InChI is InChI=1S/C13H16F3NO4S/c1-22(19,20)17-7-5-12(18,6-8-17)10-3-2-4-11(9-10)21-13(14,15)16/h2-4,9,18H,5-8H2,1H3. The molecule has 5 nitrogen and oxygen atoms in total. The van der Waals surface area contributed by atoms with Gasteiger partial charge in [-0.25, -0.2) is 12.7 Å². The zero-order chi connectivity index (χ0) is 16.6. The van der Waals surface area contributed by atoms with E-state index in [0.29, 0.717) is 0 Å². The molecular formula is C13H16F3NO4S. The van der Waals surface area contributed by atoms with E-state index in [2.05, 4.69) is 4.74 Å². The van der Waals surface area contributed by atoms with Crippen molar-refractivity contribution in [1.29, 1.82) is 0 Å². The Morgan fingerprint density at radius 3 is 2.36 bits per heavy atom. The average Bonchev–Trinajstić information content (AvgIpc) is 2.36. The number of halogens is 3. The van der Waals surface area contributed by atoms with Crippen molar-refractivity contribution in [2.45, 2.75) is 24.8 Å². The zero-order valence-corrected chi connectivity index (χ0v) is 12.6. The Morgan fingerprint density at radius 1 is 1.27 bits per heavy atom. The number of alkyl halides is 3. The lowest BCUT2D eigenvalue weighted by atomic mass is 9.85. The summed E-state index contributed by atoms with van der Waals surface area (Å²) >= 11 is 0. The first kappa shape index (κ1) is 17.0. The maximum Gasteiger partial charge on any atom is 0.573 e. The van der Waals surface area contributed by atoms with Crippen molar-refractivity contribution in [2.24, 2.45) is 0 Å². The number of piperidine rings is 1. The molecule has 1 aliphatic rings. The SMILES string of the molecule is CS(=O)(=O)N1CCC(O)(c2cccc(OC(F)(F)F)c2)CC1. The molecule has 1 aromatic rings. The molecule has 2 rings (SSSR count). The van der Waals surface area contributed by atoms with Crippen molar-refractivity contribution in [1.82, 2.24) is 4.31 Å². The highest BCUT2D eigenvalue weighted by Gasteiger charge is 2.37. The minimum Gasteiger partial charge on any atom is -0.406 e. The van der Waals surface area contributed by atoms with Gasteiger partial charge < -0.3 is 9.84 Å². The maximum absolute atomic E-state index is 12.2. The molecule has 0 bridgehead atoms. The van der Waals surface area contributed by atoms with Crippen LogP contribution in [0.1, 0.15) is 18.4 Å². The molecule has 0 atom stereocenters. The Hall–Kier alpha value is -1.32. The topological polar surface area (TPSA) is 66.8 Å². The normalized spacial score (nSPS) is 19.9. The van der Waals surface area contributed by atoms with Crippen molar-refractivity contribution in [2.75, 3.05) is 19.3 Å². The number of ether oxygens (including phenoxy) is 1. The summed E-state index contributed by atoms with van der Waals surface area (Å²) in [5, 5.41) is 10.6. The van der Waals surface area contributed by atoms with Crippen LogP contribution in [0.4, 0.5) is 13.2 Å². The van der Waals surface area contributed by atoms with E-state index in [0.717, 1.165) is 18.4 Å². The smallest absolute Gasteiger partial charge is 0.406 e. The van der Waals surface area contributed by atoms with Gasteiger partial charge >= 0.3 is 6.36 Å². The van der Waals surface area contributed by atoms with Gasteiger partial charge in [0.25, 0.3) is 0 Å². The van der Waals surface area contributed by atoms with E-state index in [1.54, 1.807) is 0 Å². The summed E-state index contributed by atoms with van der Waals surface area (Å²) in [5.74, 6) is -0.413. The van der Waals surface area contributed by atoms with E-state index in [1.807, 2.05) is 0 Å². The quantitative estimate of drug-likeness (QED) is 0.912. The predicted octanol–water partition coefficient (Wildman–Crippen LogP) is 1.83. The number of nitrogens with zero attached hydrogens (tertiary/aromatic N) is 1. The molecule has 0 unspecified atom stereocenters. The fourth-order valence-electron chi connectivity index (χ4n) is 2.46. The number of rotatable bonds is 3. The Bertz CT molecular complexity index is 637. The molecular weight excluding hydrogens is 323 g/mol. The Morgan fingerprint density at radius 2 is 1.86 bits per heavy atom. The molecule has 0 spiro atoms. The van der Waals surface area contributed by atoms with Crippen LogP contribution in [0.2, 0.25) is 0 Å². The fraction of sp³-hybridized carbons (Fsp3) is 0.538. The Labute approximate surface area is 126 Å². The van der Waals surface area contributed by atoms with E-state index >= 15 is 0 Å². The van der Waals surface area contributed by atoms with Crippen LogP contribution in [0.3, 0.4) is 0 Å². The van der Waals surface area contributed by atoms with E-state index in [-0.39, 0.29) is 31.5 Å². The van der Waals surface area contributed by atoms with Gasteiger partial charge in [0.05, 0.1) is 11.9 Å². The van der Waals surface area contributed by atoms with Crippen LogP contribution in [-0.4, -0.2) is 43.5 Å². The first-order valence-corrected chi connectivity index (χ1v) is 8.38. The van der Waals surface area contributed by atoms with E-state index in [4.69, 9.17) is 0 Å². The van der Waals surface area contributed by atoms with Crippen LogP contribution in [0.5, 0.6) is 5.75 Å². The van der Waals surface area contributed by atoms with Gasteiger partial charge in [0.2, 0.25) is 10.0 Å². The van der Waals surface area contributed by atoms with Crippen molar-refractivity contribution >= 4 is 10.0 Å². The van der Waals surface area contributed by atoms with Gasteiger partial charge in [-0.1, -0.05) is 12.1 Å². The van der Waals surface area contributed by atoms with Gasteiger partial charge in [-0.15, -0.1) is 13.2 Å². The van der Waals surface area contributed by atoms with Crippen LogP contribution in [0.25, 0.3) is 0 Å². The molecule has 1 heterocycles. The molecule has 0 radical (unpaired) electrons. The van der Waals surface area contributed by atoms with Crippen LogP contribution >= 0.6 is 0 Å². The fourth-order valence-corrected chi connectivity index (χ4v) is 3.30. The molecule has 1 saturated heterocycles. The molecule has 0 amide bonds. The van der Waals surface area contributed by atoms with Crippen molar-refractivity contribution in [3.63, 3.8) is 0 Å². The van der Waals surface area contributed by atoms with Crippen molar-refractivity contribution < 1.29 is 31.4 Å². The highest BCUT2D eigenvalue weighted by atomic mass is 32.2. The van der Waals surface area contributed by atoms with Gasteiger partial charge in [0.15, 0.2) is 0 Å². The first-order chi connectivity index (χ1) is 10.00. The number of sulfonamides is 1. The summed E-state index contributed by atoms with van der Waals surface area (Å²) in [6.07, 6.45) is -3.51. The molecule has 1 N–H and O–H groups in total. The summed E-state index contributed by atoms with van der Waals surface area (Å²) in [6, 6.07) is 5.13. The van der Waals surface area contributed by atoms with Gasteiger partial charge in [-0.3, -0.25) is 0 Å². The molecule has 1 aromatic carbocycles. The van der Waals surface area contributed by atoms with Crippen molar-refractivity contribution in [3.05, 3.63) is 29.8 Å². The van der Waals surface area contributed by atoms with Gasteiger partial charge in [0.1, 0.15) is 5.75 Å². The van der Waals surface area contributed by atoms with Crippen LogP contribution < -0.4 is 4.74 Å². The van der Waals surface area contributed by atoms with Gasteiger partial charge in [0, 0.05) is 13.1 Å². The lowest BCUT2D eigenvalue weighted by Crippen LogP contribution is -2.44. The van der Waals surface area contributed by atoms with Gasteiger partial charge in [-0.2, -0.15) is 0 Å². The third kappa shape index (κ3) is 4.11. The summed E-state index contributed by atoms with van der Waals surface area (Å²) < 4.78 is 64.7. The lowest BCUT2D eigenvalue weighted by Gasteiger charge is -2.37. The largest absolute Gasteiger partial charge is 0.573 e. The average molecular weight is 339 g/mol. The van der Waals surface area contributed by atoms with Crippen LogP contribution in [0, 0.1) is 0 Å². The molecule has 0 aliphatic carbocycles. The molecule has 1 aliphatic heterocycles. The minimum atomic E-state index is -4.80. The highest BCUT2D eigenvalue weighted by molar-refractivity contribution is 7.88. The van der Waals surface area contributed by atoms with E-state index < -0.39 is 27.7 Å². The number of benzene rings is 1. The van der Waals surface area contributed by atoms with Crippen LogP contribution in [-0.2, 0) is 15.6 Å². The molecule has 1 fully saturated rings. The lowest BCUT2D eigenvalue weighted by molar-refractivity contribution is -0.274. The van der Waals surface area contributed by atoms with Gasteiger partial charge in [-0.05, 0) is 30.5 Å². The van der Waals surface area contributed by atoms with Crippen LogP contribution in [0.15, 0.2) is 24.3 Å². The highest BCUT2D eigenvalue weighted by Crippen LogP contribution is 2.35. The molecule has 0 saturated carbocycles. The Balaban J connectivity index is 2.17. The second kappa shape index (κ2) is 5.71. The first-order valence-electron chi connectivity index (χ1n) is 6.53. The Kier molecular flexibility index (Phi) is 4.42. The number of aliphatic hydroxyl groups is 1. The third-order valence-corrected chi connectivity index (χ3v) is 4.93. The third-order valence-electron chi connectivity index (χ3n) is 3.62. The molecule has 124 valence electrons. The summed E-state index contributed by atoms with van der Waals surface area (Å²) in [4.78, 5) is 0. The van der Waals surface area contributed by atoms with Crippen molar-refractivity contribution in [3.8, 4) is 5.75 Å². The minimum absolute atomic E-state index is 0.107. The summed E-state index contributed by atoms with van der Waals surface area (Å²) in [7, 11) is -3.34. The maximum atomic E-state index is 12.2. The predicted molar refractivity (Wildman–Crippen MR) is 72.7 cm³/mol. The second-order valence-electron chi connectivity index (χ2n) is 5.27. The summed E-state index contributed by atoms with van der Waals surface area (Å²) in [5.41, 5.74) is -1.09. The van der Waals surface area contributed by atoms with E-state index in [1.165, 1.54) is 16.4 Å². The monoisotopic (exact) mass is 339 g/mol. The molecule has 0 aromatic heterocycles. The number of hydrogen-bond acceptors (Lipinski definition) is 4.